The van der Waals surface area contributed by atoms with Crippen LogP contribution in [0.2, 0.25) is 0 Å². The summed E-state index contributed by atoms with van der Waals surface area (Å²) in [6.07, 6.45) is -12.4. The number of fused-ring (bicyclic) bond motifs is 1. The first kappa shape index (κ1) is 23.6. The summed E-state index contributed by atoms with van der Waals surface area (Å²) < 4.78 is 79.1. The molecule has 13 heteroatoms. The molecule has 0 saturated carbocycles. The normalized spacial score (nSPS) is 12.8. The number of anilines is 1. The molecule has 0 spiro atoms. The summed E-state index contributed by atoms with van der Waals surface area (Å²) in [6.45, 7) is 0. The van der Waals surface area contributed by atoms with Crippen LogP contribution in [0.4, 0.5) is 36.8 Å². The molecule has 2 aromatic carbocycles. The average Bonchev–Trinajstić information content (AvgIpc) is 3.05. The van der Waals surface area contributed by atoms with E-state index in [0.29, 0.717) is 26.6 Å². The molecular weight excluding hydrogens is 514 g/mol. The Morgan fingerprint density at radius 1 is 0.938 bits per heavy atom. The van der Waals surface area contributed by atoms with Crippen LogP contribution in [-0.2, 0) is 5.60 Å². The fourth-order valence-electron chi connectivity index (χ4n) is 3.05. The van der Waals surface area contributed by atoms with Gasteiger partial charge in [-0.05, 0) is 24.3 Å². The molecule has 0 radical (unpaired) electrons. The molecule has 0 atom stereocenters. The minimum Gasteiger partial charge on any atom is -0.464 e. The lowest BCUT2D eigenvalue weighted by Gasteiger charge is -2.32. The molecule has 3 rings (SSSR count). The third kappa shape index (κ3) is 3.93. The van der Waals surface area contributed by atoms with Crippen molar-refractivity contribution in [2.75, 3.05) is 5.32 Å². The number of aliphatic hydroxyl groups is 1. The van der Waals surface area contributed by atoms with Crippen molar-refractivity contribution >= 4 is 44.4 Å². The number of hydrogen-bond acceptors (Lipinski definition) is 3. The Morgan fingerprint density at radius 2 is 1.50 bits per heavy atom. The lowest BCUT2D eigenvalue weighted by Crippen LogP contribution is -2.53. The fraction of sp³-hybridized carbons (Fsp3) is 0.158. The van der Waals surface area contributed by atoms with E-state index in [4.69, 9.17) is 0 Å². The molecule has 3 N–H and O–H groups in total. The molecule has 6 nitrogen and oxygen atoms in total. The zero-order valence-electron chi connectivity index (χ0n) is 15.4. The van der Waals surface area contributed by atoms with Gasteiger partial charge in [0.25, 0.3) is 11.5 Å². The van der Waals surface area contributed by atoms with Gasteiger partial charge in [-0.3, -0.25) is 4.79 Å². The lowest BCUT2D eigenvalue weighted by atomic mass is 9.92. The Balaban J connectivity index is 1.97. The Bertz CT molecular complexity index is 1190. The molecule has 0 unspecified atom stereocenters. The van der Waals surface area contributed by atoms with Gasteiger partial charge in [0.1, 0.15) is 5.69 Å². The minimum atomic E-state index is -6.05. The van der Waals surface area contributed by atoms with Crippen LogP contribution in [0.25, 0.3) is 10.8 Å². The Kier molecular flexibility index (Phi) is 5.76. The molecule has 0 aliphatic heterocycles. The van der Waals surface area contributed by atoms with E-state index in [0.717, 1.165) is 12.1 Å². The second-order valence-electron chi connectivity index (χ2n) is 6.60. The van der Waals surface area contributed by atoms with Gasteiger partial charge in [0.2, 0.25) is 0 Å². The molecule has 1 amide bonds. The highest BCUT2D eigenvalue weighted by atomic mass is 79.9. The number of nitrogens with one attached hydrogen (secondary N) is 1. The van der Waals surface area contributed by atoms with E-state index in [1.54, 1.807) is 12.1 Å². The number of benzene rings is 2. The zero-order valence-corrected chi connectivity index (χ0v) is 17.0. The van der Waals surface area contributed by atoms with E-state index in [1.807, 2.05) is 0 Å². The summed E-state index contributed by atoms with van der Waals surface area (Å²) in [6, 6.07) is 6.74. The van der Waals surface area contributed by atoms with Crippen LogP contribution in [0.15, 0.2) is 53.1 Å². The van der Waals surface area contributed by atoms with Crippen molar-refractivity contribution in [1.82, 2.24) is 4.57 Å². The van der Waals surface area contributed by atoms with Crippen LogP contribution in [0.1, 0.15) is 16.1 Å². The minimum absolute atomic E-state index is 0.228. The number of carbonyl (C=O) groups excluding carboxylic acids is 1. The second-order valence-corrected chi connectivity index (χ2v) is 7.51. The number of carbonyl (C=O) groups is 2. The van der Waals surface area contributed by atoms with Crippen LogP contribution >= 0.6 is 15.9 Å². The van der Waals surface area contributed by atoms with Crippen molar-refractivity contribution in [3.8, 4) is 0 Å². The smallest absolute Gasteiger partial charge is 0.430 e. The van der Waals surface area contributed by atoms with Gasteiger partial charge >= 0.3 is 18.4 Å². The first-order chi connectivity index (χ1) is 14.7. The van der Waals surface area contributed by atoms with Crippen molar-refractivity contribution in [1.29, 1.82) is 0 Å². The number of carboxylic acid groups (broad SMARTS) is 1. The molecule has 1 heterocycles. The third-order valence-corrected chi connectivity index (χ3v) is 5.07. The number of alkyl halides is 6. The van der Waals surface area contributed by atoms with Crippen LogP contribution in [-0.4, -0.2) is 39.1 Å². The van der Waals surface area contributed by atoms with Crippen LogP contribution < -0.4 is 5.32 Å². The van der Waals surface area contributed by atoms with E-state index in [1.165, 1.54) is 12.3 Å². The standard InChI is InChI=1S/C19H11BrF6N2O4/c20-11-3-6-13-9(7-11)8-28(16(30)31)14(13)15(29)27-12-4-1-10(2-5-12)17(32,18(21,22)23)19(24,25)26/h1-8,32H,(H,27,29)(H,30,31). The highest BCUT2D eigenvalue weighted by Gasteiger charge is 2.71. The molecule has 0 saturated heterocycles. The third-order valence-electron chi connectivity index (χ3n) is 4.58. The van der Waals surface area contributed by atoms with Gasteiger partial charge in [0, 0.05) is 32.7 Å². The molecule has 170 valence electrons. The van der Waals surface area contributed by atoms with E-state index < -0.39 is 35.5 Å². The Hall–Kier alpha value is -3.06. The summed E-state index contributed by atoms with van der Waals surface area (Å²) >= 11 is 3.21. The highest BCUT2D eigenvalue weighted by Crippen LogP contribution is 2.50. The SMILES string of the molecule is O=C(Nc1ccc(C(O)(C(F)(F)F)C(F)(F)F)cc1)c1c2ccc(Br)cc2cn1C(=O)O. The summed E-state index contributed by atoms with van der Waals surface area (Å²) in [7, 11) is 0. The zero-order chi connectivity index (χ0) is 24.1. The van der Waals surface area contributed by atoms with Gasteiger partial charge in [0.05, 0.1) is 0 Å². The summed E-state index contributed by atoms with van der Waals surface area (Å²) in [5, 5.41) is 21.6. The second kappa shape index (κ2) is 7.81. The monoisotopic (exact) mass is 524 g/mol. The van der Waals surface area contributed by atoms with Crippen molar-refractivity contribution in [2.24, 2.45) is 0 Å². The lowest BCUT2D eigenvalue weighted by molar-refractivity contribution is -0.376. The molecular formula is C19H11BrF6N2O4. The fourth-order valence-corrected chi connectivity index (χ4v) is 3.42. The molecule has 0 aliphatic carbocycles. The molecule has 32 heavy (non-hydrogen) atoms. The largest absolute Gasteiger partial charge is 0.464 e. The van der Waals surface area contributed by atoms with E-state index in [2.05, 4.69) is 21.2 Å². The Labute approximate surface area is 183 Å². The van der Waals surface area contributed by atoms with E-state index in [-0.39, 0.29) is 16.8 Å². The van der Waals surface area contributed by atoms with Crippen molar-refractivity contribution in [2.45, 2.75) is 18.0 Å². The van der Waals surface area contributed by atoms with Gasteiger partial charge in [-0.15, -0.1) is 0 Å². The maximum absolute atomic E-state index is 13.0. The van der Waals surface area contributed by atoms with Gasteiger partial charge in [0.15, 0.2) is 0 Å². The predicted molar refractivity (Wildman–Crippen MR) is 103 cm³/mol. The van der Waals surface area contributed by atoms with Gasteiger partial charge in [-0.2, -0.15) is 26.3 Å². The van der Waals surface area contributed by atoms with Gasteiger partial charge in [-0.25, -0.2) is 9.36 Å². The van der Waals surface area contributed by atoms with Crippen molar-refractivity contribution in [3.63, 3.8) is 0 Å². The molecule has 1 aromatic heterocycles. The number of nitrogens with zero attached hydrogens (tertiary/aromatic N) is 1. The van der Waals surface area contributed by atoms with Crippen molar-refractivity contribution < 1.29 is 46.1 Å². The molecule has 3 aromatic rings. The number of amides is 1. The first-order valence-electron chi connectivity index (χ1n) is 8.48. The van der Waals surface area contributed by atoms with Crippen LogP contribution in [0.3, 0.4) is 0 Å². The first-order valence-corrected chi connectivity index (χ1v) is 9.27. The van der Waals surface area contributed by atoms with Gasteiger partial charge < -0.3 is 15.5 Å². The van der Waals surface area contributed by atoms with Gasteiger partial charge in [-0.1, -0.05) is 34.1 Å². The quantitative estimate of drug-likeness (QED) is 0.395. The average molecular weight is 525 g/mol. The number of hydrogen-bond donors (Lipinski definition) is 3. The summed E-state index contributed by atoms with van der Waals surface area (Å²) in [5.74, 6) is -0.973. The predicted octanol–water partition coefficient (Wildman–Crippen LogP) is 5.49. The maximum Gasteiger partial charge on any atom is 0.430 e. The highest BCUT2D eigenvalue weighted by molar-refractivity contribution is 9.10. The van der Waals surface area contributed by atoms with E-state index >= 15 is 0 Å². The number of rotatable bonds is 3. The van der Waals surface area contributed by atoms with E-state index in [9.17, 15) is 46.1 Å². The molecule has 0 fully saturated rings. The Morgan fingerprint density at radius 3 is 2.00 bits per heavy atom. The van der Waals surface area contributed by atoms with Crippen LogP contribution in [0, 0.1) is 0 Å². The number of halogens is 7. The van der Waals surface area contributed by atoms with Crippen molar-refractivity contribution in [3.05, 3.63) is 64.4 Å². The summed E-state index contributed by atoms with van der Waals surface area (Å²) in [4.78, 5) is 24.2. The topological polar surface area (TPSA) is 91.6 Å². The molecule has 0 bridgehead atoms. The van der Waals surface area contributed by atoms with Crippen LogP contribution in [0.5, 0.6) is 0 Å². The molecule has 0 aliphatic rings. The summed E-state index contributed by atoms with van der Waals surface area (Å²) in [5.41, 5.74) is -7.15. The number of aromatic nitrogens is 1. The maximum atomic E-state index is 13.0.